The lowest BCUT2D eigenvalue weighted by Crippen LogP contribution is -2.51. The molecular weight excluding hydrogens is 320 g/mol. The smallest absolute Gasteiger partial charge is 0.248 e. The van der Waals surface area contributed by atoms with Crippen molar-refractivity contribution in [2.24, 2.45) is 5.73 Å². The monoisotopic (exact) mass is 356 g/mol. The molecule has 26 heavy (non-hydrogen) atoms. The van der Waals surface area contributed by atoms with Crippen LogP contribution in [0.15, 0.2) is 24.3 Å². The lowest BCUT2D eigenvalue weighted by Gasteiger charge is -2.51. The van der Waals surface area contributed by atoms with Gasteiger partial charge in [-0.25, -0.2) is 0 Å². The molecule has 1 aliphatic carbocycles. The van der Waals surface area contributed by atoms with E-state index in [-0.39, 0.29) is 11.3 Å². The number of hydrogen-bond acceptors (Lipinski definition) is 2. The number of primary amides is 1. The highest BCUT2D eigenvalue weighted by atomic mass is 16.1. The third-order valence-electron chi connectivity index (χ3n) is 6.77. The minimum atomic E-state index is -0.309. The number of amides is 1. The van der Waals surface area contributed by atoms with E-state index in [9.17, 15) is 4.79 Å². The summed E-state index contributed by atoms with van der Waals surface area (Å²) >= 11 is 0. The molecular formula is C23H36N2O. The Morgan fingerprint density at radius 2 is 2.00 bits per heavy atom. The molecule has 1 saturated carbocycles. The number of rotatable bonds is 9. The fourth-order valence-corrected chi connectivity index (χ4v) is 5.21. The standard InChI is InChI=1S/C23H36N2O/c1-2-3-4-5-6-7-15-25-16-14-23(13-9-12-21(25)18-23)20-11-8-10-19(17-20)22(24)26/h8,10-11,17,21H,2-7,9,12-16,18H2,1H3,(H2,24,26). The summed E-state index contributed by atoms with van der Waals surface area (Å²) in [5, 5.41) is 0. The minimum Gasteiger partial charge on any atom is -0.366 e. The maximum atomic E-state index is 11.6. The zero-order chi connectivity index (χ0) is 18.4. The second-order valence-electron chi connectivity index (χ2n) is 8.53. The molecule has 1 heterocycles. The van der Waals surface area contributed by atoms with E-state index in [1.165, 1.54) is 89.3 Å². The summed E-state index contributed by atoms with van der Waals surface area (Å²) in [6.45, 7) is 4.76. The van der Waals surface area contributed by atoms with E-state index in [1.54, 1.807) is 0 Å². The molecule has 3 nitrogen and oxygen atoms in total. The zero-order valence-electron chi connectivity index (χ0n) is 16.5. The topological polar surface area (TPSA) is 46.3 Å². The zero-order valence-corrected chi connectivity index (χ0v) is 16.5. The molecule has 2 unspecified atom stereocenters. The molecule has 2 fully saturated rings. The molecule has 3 heteroatoms. The number of benzene rings is 1. The van der Waals surface area contributed by atoms with Gasteiger partial charge in [0.05, 0.1) is 0 Å². The van der Waals surface area contributed by atoms with Crippen LogP contribution < -0.4 is 5.73 Å². The normalized spacial score (nSPS) is 26.0. The van der Waals surface area contributed by atoms with Crippen molar-refractivity contribution in [1.29, 1.82) is 0 Å². The highest BCUT2D eigenvalue weighted by Crippen LogP contribution is 2.47. The number of hydrogen-bond donors (Lipinski definition) is 1. The Morgan fingerprint density at radius 1 is 1.19 bits per heavy atom. The number of unbranched alkanes of at least 4 members (excludes halogenated alkanes) is 5. The van der Waals surface area contributed by atoms with E-state index in [0.717, 1.165) is 6.04 Å². The second kappa shape index (κ2) is 9.03. The molecule has 0 radical (unpaired) electrons. The molecule has 144 valence electrons. The Bertz CT molecular complexity index is 600. The van der Waals surface area contributed by atoms with Gasteiger partial charge in [0.25, 0.3) is 0 Å². The molecule has 2 bridgehead atoms. The maximum absolute atomic E-state index is 11.6. The summed E-state index contributed by atoms with van der Waals surface area (Å²) in [6.07, 6.45) is 14.6. The predicted octanol–water partition coefficient (Wildman–Crippen LogP) is 5.03. The molecule has 0 spiro atoms. The van der Waals surface area contributed by atoms with Crippen molar-refractivity contribution in [2.75, 3.05) is 13.1 Å². The highest BCUT2D eigenvalue weighted by molar-refractivity contribution is 5.92. The van der Waals surface area contributed by atoms with Gasteiger partial charge in [-0.1, -0.05) is 57.6 Å². The van der Waals surface area contributed by atoms with Crippen molar-refractivity contribution < 1.29 is 4.79 Å². The van der Waals surface area contributed by atoms with Crippen LogP contribution in [0.2, 0.25) is 0 Å². The quantitative estimate of drug-likeness (QED) is 0.631. The van der Waals surface area contributed by atoms with Crippen molar-refractivity contribution in [3.63, 3.8) is 0 Å². The number of carbonyl (C=O) groups excluding carboxylic acids is 1. The third-order valence-corrected chi connectivity index (χ3v) is 6.77. The van der Waals surface area contributed by atoms with Crippen LogP contribution in [0.5, 0.6) is 0 Å². The molecule has 1 aromatic rings. The molecule has 2 aliphatic rings. The molecule has 1 amide bonds. The average molecular weight is 357 g/mol. The Labute approximate surface area is 159 Å². The number of likely N-dealkylation sites (tertiary alicyclic amines) is 1. The summed E-state index contributed by atoms with van der Waals surface area (Å²) in [5.74, 6) is -0.309. The van der Waals surface area contributed by atoms with Crippen molar-refractivity contribution >= 4 is 5.91 Å². The first-order chi connectivity index (χ1) is 12.6. The Hall–Kier alpha value is -1.35. The fourth-order valence-electron chi connectivity index (χ4n) is 5.21. The molecule has 1 aliphatic heterocycles. The first-order valence-corrected chi connectivity index (χ1v) is 10.8. The van der Waals surface area contributed by atoms with Crippen molar-refractivity contribution in [3.8, 4) is 0 Å². The van der Waals surface area contributed by atoms with Crippen LogP contribution in [0.1, 0.15) is 93.5 Å². The van der Waals surface area contributed by atoms with Crippen LogP contribution in [0.3, 0.4) is 0 Å². The first kappa shape index (κ1) is 19.4. The molecule has 2 N–H and O–H groups in total. The van der Waals surface area contributed by atoms with Crippen molar-refractivity contribution in [3.05, 3.63) is 35.4 Å². The van der Waals surface area contributed by atoms with Crippen molar-refractivity contribution in [1.82, 2.24) is 4.90 Å². The van der Waals surface area contributed by atoms with Crippen LogP contribution in [0, 0.1) is 0 Å². The Morgan fingerprint density at radius 3 is 2.81 bits per heavy atom. The van der Waals surface area contributed by atoms with Gasteiger partial charge in [0.1, 0.15) is 0 Å². The largest absolute Gasteiger partial charge is 0.366 e. The number of nitrogens with two attached hydrogens (primary N) is 1. The number of fused-ring (bicyclic) bond motifs is 2. The van der Waals surface area contributed by atoms with Crippen LogP contribution in [-0.2, 0) is 5.41 Å². The van der Waals surface area contributed by atoms with E-state index < -0.39 is 0 Å². The van der Waals surface area contributed by atoms with Crippen LogP contribution >= 0.6 is 0 Å². The van der Waals surface area contributed by atoms with Crippen molar-refractivity contribution in [2.45, 2.75) is 89.0 Å². The van der Waals surface area contributed by atoms with Crippen LogP contribution in [-0.4, -0.2) is 29.9 Å². The lowest BCUT2D eigenvalue weighted by molar-refractivity contribution is 0.0503. The van der Waals surface area contributed by atoms with Gasteiger partial charge in [-0.15, -0.1) is 0 Å². The van der Waals surface area contributed by atoms with E-state index in [1.807, 2.05) is 12.1 Å². The molecule has 3 rings (SSSR count). The van der Waals surface area contributed by atoms with Gasteiger partial charge in [0.2, 0.25) is 5.91 Å². The second-order valence-corrected chi connectivity index (χ2v) is 8.53. The highest BCUT2D eigenvalue weighted by Gasteiger charge is 2.43. The number of piperidine rings is 1. The number of nitrogens with zero attached hydrogens (tertiary/aromatic N) is 1. The van der Waals surface area contributed by atoms with Gasteiger partial charge in [-0.3, -0.25) is 4.79 Å². The van der Waals surface area contributed by atoms with E-state index >= 15 is 0 Å². The lowest BCUT2D eigenvalue weighted by atomic mass is 9.63. The molecule has 2 atom stereocenters. The van der Waals surface area contributed by atoms with Crippen LogP contribution in [0.25, 0.3) is 0 Å². The van der Waals surface area contributed by atoms with Gasteiger partial charge in [-0.05, 0) is 68.3 Å². The maximum Gasteiger partial charge on any atom is 0.248 e. The van der Waals surface area contributed by atoms with Gasteiger partial charge >= 0.3 is 0 Å². The van der Waals surface area contributed by atoms with Gasteiger partial charge in [0.15, 0.2) is 0 Å². The summed E-state index contributed by atoms with van der Waals surface area (Å²) in [7, 11) is 0. The molecule has 0 aromatic heterocycles. The summed E-state index contributed by atoms with van der Waals surface area (Å²) < 4.78 is 0. The van der Waals surface area contributed by atoms with E-state index in [0.29, 0.717) is 5.56 Å². The Kier molecular flexibility index (Phi) is 6.74. The van der Waals surface area contributed by atoms with Gasteiger partial charge in [-0.2, -0.15) is 0 Å². The first-order valence-electron chi connectivity index (χ1n) is 10.8. The summed E-state index contributed by atoms with van der Waals surface area (Å²) in [6, 6.07) is 8.87. The van der Waals surface area contributed by atoms with Gasteiger partial charge in [0, 0.05) is 11.6 Å². The third kappa shape index (κ3) is 4.49. The van der Waals surface area contributed by atoms with E-state index in [4.69, 9.17) is 5.73 Å². The molecule has 1 saturated heterocycles. The number of carbonyl (C=O) groups is 1. The summed E-state index contributed by atoms with van der Waals surface area (Å²) in [5.41, 5.74) is 7.79. The van der Waals surface area contributed by atoms with Gasteiger partial charge < -0.3 is 10.6 Å². The SMILES string of the molecule is CCCCCCCCN1CCC2(c3cccc(C(N)=O)c3)CCCC1C2. The van der Waals surface area contributed by atoms with E-state index in [2.05, 4.69) is 24.0 Å². The van der Waals surface area contributed by atoms with Crippen LogP contribution in [0.4, 0.5) is 0 Å². The Balaban J connectivity index is 1.58. The minimum absolute atomic E-state index is 0.270. The molecule has 1 aromatic carbocycles. The summed E-state index contributed by atoms with van der Waals surface area (Å²) in [4.78, 5) is 14.3. The average Bonchev–Trinajstić information content (AvgIpc) is 2.66. The predicted molar refractivity (Wildman–Crippen MR) is 108 cm³/mol. The fraction of sp³-hybridized carbons (Fsp3) is 0.696.